The van der Waals surface area contributed by atoms with E-state index in [0.29, 0.717) is 23.7 Å². The number of Topliss-reactive ketones (excluding diaryl/α,β-unsaturated/α-hetero) is 1. The zero-order valence-electron chi connectivity index (χ0n) is 17.0. The van der Waals surface area contributed by atoms with Gasteiger partial charge >= 0.3 is 0 Å². The van der Waals surface area contributed by atoms with Crippen LogP contribution in [-0.2, 0) is 6.42 Å². The quantitative estimate of drug-likeness (QED) is 0.378. The lowest BCUT2D eigenvalue weighted by Gasteiger charge is -2.18. The summed E-state index contributed by atoms with van der Waals surface area (Å²) < 4.78 is 2.98. The number of rotatable bonds is 3. The topological polar surface area (TPSA) is 59.8 Å². The summed E-state index contributed by atoms with van der Waals surface area (Å²) in [6, 6.07) is 22.5. The number of thiazole rings is 1. The largest absolute Gasteiger partial charge is 0.338 e. The average molecular weight is 425 g/mol. The average Bonchev–Trinajstić information content (AvgIpc) is 3.35. The van der Waals surface area contributed by atoms with Crippen molar-refractivity contribution < 1.29 is 4.79 Å². The van der Waals surface area contributed by atoms with Crippen molar-refractivity contribution in [2.75, 3.05) is 5.32 Å². The molecule has 1 N–H and O–H groups in total. The Hall–Kier alpha value is -3.51. The van der Waals surface area contributed by atoms with Gasteiger partial charge in [-0.3, -0.25) is 4.79 Å². The molecule has 5 nitrogen and oxygen atoms in total. The van der Waals surface area contributed by atoms with Crippen LogP contribution in [0.2, 0.25) is 0 Å². The minimum atomic E-state index is 0.143. The van der Waals surface area contributed by atoms with Crippen molar-refractivity contribution in [2.24, 2.45) is 5.92 Å². The lowest BCUT2D eigenvalue weighted by Crippen LogP contribution is -2.19. The number of aromatic nitrogens is 3. The van der Waals surface area contributed by atoms with E-state index in [2.05, 4.69) is 42.6 Å². The highest BCUT2D eigenvalue weighted by atomic mass is 32.1. The van der Waals surface area contributed by atoms with Crippen LogP contribution in [0.15, 0.2) is 66.7 Å². The zero-order valence-corrected chi connectivity index (χ0v) is 17.8. The summed E-state index contributed by atoms with van der Waals surface area (Å²) in [7, 11) is 0. The Morgan fingerprint density at radius 3 is 2.68 bits per heavy atom. The number of nitrogens with one attached hydrogen (secondary N) is 1. The van der Waals surface area contributed by atoms with Gasteiger partial charge in [-0.05, 0) is 47.4 Å². The molecule has 0 spiro atoms. The van der Waals surface area contributed by atoms with Gasteiger partial charge in [0.25, 0.3) is 0 Å². The van der Waals surface area contributed by atoms with E-state index in [1.54, 1.807) is 11.3 Å². The Morgan fingerprint density at radius 1 is 1.00 bits per heavy atom. The third kappa shape index (κ3) is 3.11. The minimum absolute atomic E-state index is 0.143. The summed E-state index contributed by atoms with van der Waals surface area (Å²) in [5.41, 5.74) is 3.52. The predicted molar refractivity (Wildman–Crippen MR) is 126 cm³/mol. The van der Waals surface area contributed by atoms with E-state index in [9.17, 15) is 4.79 Å². The van der Waals surface area contributed by atoms with Gasteiger partial charge in [0.05, 0.1) is 21.5 Å². The van der Waals surface area contributed by atoms with Crippen LogP contribution < -0.4 is 5.32 Å². The Labute approximate surface area is 183 Å². The van der Waals surface area contributed by atoms with E-state index in [4.69, 9.17) is 10.1 Å². The number of hydrogen-bond acceptors (Lipinski definition) is 5. The molecule has 31 heavy (non-hydrogen) atoms. The van der Waals surface area contributed by atoms with Crippen molar-refractivity contribution in [1.29, 1.82) is 0 Å². The van der Waals surface area contributed by atoms with Crippen LogP contribution in [0.25, 0.3) is 26.1 Å². The van der Waals surface area contributed by atoms with Gasteiger partial charge in [0.15, 0.2) is 11.6 Å². The first-order valence-corrected chi connectivity index (χ1v) is 11.2. The molecule has 1 unspecified atom stereocenters. The molecule has 0 fully saturated rings. The number of nitrogens with zero attached hydrogens (tertiary/aromatic N) is 3. The maximum atomic E-state index is 13.0. The van der Waals surface area contributed by atoms with Gasteiger partial charge in [-0.2, -0.15) is 0 Å². The maximum absolute atomic E-state index is 13.0. The van der Waals surface area contributed by atoms with Crippen LogP contribution in [-0.4, -0.2) is 20.5 Å². The van der Waals surface area contributed by atoms with E-state index < -0.39 is 0 Å². The number of hydrogen-bond donors (Lipinski definition) is 1. The molecule has 6 heteroatoms. The predicted octanol–water partition coefficient (Wildman–Crippen LogP) is 6.14. The van der Waals surface area contributed by atoms with Crippen molar-refractivity contribution in [3.05, 3.63) is 78.0 Å². The molecule has 1 aliphatic rings. The fourth-order valence-corrected chi connectivity index (χ4v) is 5.30. The van der Waals surface area contributed by atoms with Gasteiger partial charge in [-0.1, -0.05) is 60.7 Å². The molecular formula is C25H20N4OS. The van der Waals surface area contributed by atoms with Crippen LogP contribution in [0.5, 0.6) is 0 Å². The Kier molecular flexibility index (Phi) is 4.14. The molecule has 0 amide bonds. The normalized spacial score (nSPS) is 16.0. The fraction of sp³-hybridized carbons (Fsp3) is 0.160. The van der Waals surface area contributed by atoms with Crippen LogP contribution in [0.1, 0.15) is 29.4 Å². The number of fused-ring (bicyclic) bond motifs is 3. The minimum Gasteiger partial charge on any atom is -0.338 e. The smallest absolute Gasteiger partial charge is 0.211 e. The summed E-state index contributed by atoms with van der Waals surface area (Å²) >= 11 is 1.60. The van der Waals surface area contributed by atoms with Crippen molar-refractivity contribution in [3.8, 4) is 5.13 Å². The van der Waals surface area contributed by atoms with Gasteiger partial charge in [0.2, 0.25) is 5.13 Å². The van der Waals surface area contributed by atoms with Crippen LogP contribution in [0.4, 0.5) is 11.5 Å². The first kappa shape index (κ1) is 18.3. The van der Waals surface area contributed by atoms with Gasteiger partial charge in [-0.15, -0.1) is 5.10 Å². The molecule has 0 aliphatic heterocycles. The van der Waals surface area contributed by atoms with E-state index in [1.807, 2.05) is 41.1 Å². The number of benzene rings is 3. The molecular weight excluding hydrogens is 404 g/mol. The highest BCUT2D eigenvalue weighted by Crippen LogP contribution is 2.36. The molecule has 0 bridgehead atoms. The summed E-state index contributed by atoms with van der Waals surface area (Å²) in [6.45, 7) is 2.12. The van der Waals surface area contributed by atoms with Crippen molar-refractivity contribution >= 4 is 49.6 Å². The van der Waals surface area contributed by atoms with E-state index >= 15 is 0 Å². The van der Waals surface area contributed by atoms with Crippen LogP contribution in [0.3, 0.4) is 0 Å². The maximum Gasteiger partial charge on any atom is 0.211 e. The van der Waals surface area contributed by atoms with E-state index in [1.165, 1.54) is 5.39 Å². The van der Waals surface area contributed by atoms with Gasteiger partial charge in [-0.25, -0.2) is 9.67 Å². The molecule has 1 aliphatic carbocycles. The number of ketones is 1. The molecule has 2 aromatic heterocycles. The summed E-state index contributed by atoms with van der Waals surface area (Å²) in [6.07, 6.45) is 1.36. The second kappa shape index (κ2) is 7.03. The summed E-state index contributed by atoms with van der Waals surface area (Å²) in [5, 5.41) is 11.4. The zero-order chi connectivity index (χ0) is 20.9. The number of anilines is 2. The molecule has 0 saturated carbocycles. The summed E-state index contributed by atoms with van der Waals surface area (Å²) in [5.74, 6) is 1.05. The first-order valence-electron chi connectivity index (χ1n) is 10.4. The molecule has 0 saturated heterocycles. The third-order valence-corrected chi connectivity index (χ3v) is 6.82. The van der Waals surface area contributed by atoms with Crippen molar-refractivity contribution in [1.82, 2.24) is 14.8 Å². The molecule has 3 aromatic carbocycles. The molecule has 6 rings (SSSR count). The SMILES string of the molecule is CC1CC(=O)c2c(Nc3ccc4ccccc4c3)nn(-c3nc4ccccc4s3)c2C1. The first-order chi connectivity index (χ1) is 15.2. The van der Waals surface area contributed by atoms with E-state index in [0.717, 1.165) is 38.5 Å². The molecule has 0 radical (unpaired) electrons. The molecule has 2 heterocycles. The van der Waals surface area contributed by atoms with Crippen LogP contribution in [0, 0.1) is 5.92 Å². The molecule has 152 valence electrons. The monoisotopic (exact) mass is 424 g/mol. The number of carbonyl (C=O) groups excluding carboxylic acids is 1. The molecule has 5 aromatic rings. The van der Waals surface area contributed by atoms with Gasteiger partial charge in [0.1, 0.15) is 0 Å². The Balaban J connectivity index is 1.48. The molecule has 1 atom stereocenters. The van der Waals surface area contributed by atoms with Gasteiger partial charge in [0, 0.05) is 12.1 Å². The van der Waals surface area contributed by atoms with Crippen molar-refractivity contribution in [3.63, 3.8) is 0 Å². The second-order valence-corrected chi connectivity index (χ2v) is 9.18. The third-order valence-electron chi connectivity index (χ3n) is 5.81. The number of carbonyl (C=O) groups is 1. The fourth-order valence-electron chi connectivity index (χ4n) is 4.36. The van der Waals surface area contributed by atoms with E-state index in [-0.39, 0.29) is 5.78 Å². The standard InChI is InChI=1S/C25H20N4OS/c1-15-12-20-23(21(30)13-15)24(26-18-11-10-16-6-2-3-7-17(16)14-18)28-29(20)25-27-19-8-4-5-9-22(19)31-25/h2-11,14-15H,12-13H2,1H3,(H,26,28). The number of para-hydroxylation sites is 1. The highest BCUT2D eigenvalue weighted by Gasteiger charge is 2.32. The summed E-state index contributed by atoms with van der Waals surface area (Å²) in [4.78, 5) is 17.8. The highest BCUT2D eigenvalue weighted by molar-refractivity contribution is 7.20. The lowest BCUT2D eigenvalue weighted by atomic mass is 9.88. The van der Waals surface area contributed by atoms with Crippen LogP contribution >= 0.6 is 11.3 Å². The van der Waals surface area contributed by atoms with Crippen molar-refractivity contribution in [2.45, 2.75) is 19.8 Å². The Bertz CT molecular complexity index is 1430. The second-order valence-electron chi connectivity index (χ2n) is 8.17. The Morgan fingerprint density at radius 2 is 1.81 bits per heavy atom. The van der Waals surface area contributed by atoms with Gasteiger partial charge < -0.3 is 5.32 Å². The lowest BCUT2D eigenvalue weighted by molar-refractivity contribution is 0.0953.